The molecule has 2 aromatic rings. The van der Waals surface area contributed by atoms with E-state index < -0.39 is 5.97 Å². The summed E-state index contributed by atoms with van der Waals surface area (Å²) in [4.78, 5) is 14.6. The molecule has 6 nitrogen and oxygen atoms in total. The largest absolute Gasteiger partial charge is 0.497 e. The zero-order valence-electron chi connectivity index (χ0n) is 8.54. The van der Waals surface area contributed by atoms with E-state index in [4.69, 9.17) is 9.84 Å². The molecule has 0 saturated carbocycles. The number of benzene rings is 1. The molecule has 6 heteroatoms. The second kappa shape index (κ2) is 4.09. The van der Waals surface area contributed by atoms with Crippen LogP contribution in [-0.4, -0.2) is 33.4 Å². The third-order valence-electron chi connectivity index (χ3n) is 2.01. The minimum absolute atomic E-state index is 0.199. The summed E-state index contributed by atoms with van der Waals surface area (Å²) in [5.41, 5.74) is 1.18. The molecule has 0 unspecified atom stereocenters. The predicted molar refractivity (Wildman–Crippen MR) is 55.2 cm³/mol. The van der Waals surface area contributed by atoms with Crippen LogP contribution in [0.4, 0.5) is 0 Å². The third kappa shape index (κ3) is 2.05. The van der Waals surface area contributed by atoms with Crippen LogP contribution in [-0.2, 0) is 11.2 Å². The lowest BCUT2D eigenvalue weighted by atomic mass is 10.3. The number of fused-ring (bicyclic) bond motifs is 1. The van der Waals surface area contributed by atoms with Crippen molar-refractivity contribution in [2.75, 3.05) is 7.11 Å². The van der Waals surface area contributed by atoms with E-state index in [0.717, 1.165) is 0 Å². The van der Waals surface area contributed by atoms with E-state index in [2.05, 4.69) is 15.2 Å². The number of aliphatic carboxylic acids is 1. The number of hydrogen-bond donors (Lipinski definition) is 1. The summed E-state index contributed by atoms with van der Waals surface area (Å²) < 4.78 is 5.03. The zero-order chi connectivity index (χ0) is 11.5. The molecule has 0 saturated heterocycles. The first-order chi connectivity index (χ1) is 7.69. The molecule has 0 aliphatic rings. The Balaban J connectivity index is 2.43. The summed E-state index contributed by atoms with van der Waals surface area (Å²) in [5.74, 6) is -0.116. The van der Waals surface area contributed by atoms with Gasteiger partial charge in [-0.25, -0.2) is 4.98 Å². The van der Waals surface area contributed by atoms with Gasteiger partial charge in [0.1, 0.15) is 17.7 Å². The molecule has 0 bridgehead atoms. The summed E-state index contributed by atoms with van der Waals surface area (Å²) in [6.45, 7) is 0. The molecule has 1 aromatic heterocycles. The lowest BCUT2D eigenvalue weighted by Gasteiger charge is -2.01. The van der Waals surface area contributed by atoms with Gasteiger partial charge >= 0.3 is 5.97 Å². The van der Waals surface area contributed by atoms with E-state index in [1.165, 1.54) is 0 Å². The quantitative estimate of drug-likeness (QED) is 0.816. The summed E-state index contributed by atoms with van der Waals surface area (Å²) >= 11 is 0. The van der Waals surface area contributed by atoms with E-state index in [0.29, 0.717) is 16.8 Å². The van der Waals surface area contributed by atoms with Gasteiger partial charge in [0, 0.05) is 6.07 Å². The normalized spacial score (nSPS) is 10.3. The van der Waals surface area contributed by atoms with E-state index in [9.17, 15) is 4.79 Å². The molecular weight excluding hydrogens is 210 g/mol. The van der Waals surface area contributed by atoms with Crippen molar-refractivity contribution in [3.63, 3.8) is 0 Å². The standard InChI is InChI=1S/C10H9N3O3/c1-16-6-2-3-7-8(4-6)12-13-9(11-7)5-10(14)15/h2-4H,5H2,1H3,(H,14,15). The van der Waals surface area contributed by atoms with Crippen molar-refractivity contribution < 1.29 is 14.6 Å². The maximum absolute atomic E-state index is 10.5. The predicted octanol–water partition coefficient (Wildman–Crippen LogP) is 0.660. The number of carboxylic acid groups (broad SMARTS) is 1. The fourth-order valence-corrected chi connectivity index (χ4v) is 1.29. The lowest BCUT2D eigenvalue weighted by Crippen LogP contribution is -2.06. The molecule has 0 aliphatic carbocycles. The molecule has 82 valence electrons. The first kappa shape index (κ1) is 10.3. The van der Waals surface area contributed by atoms with Gasteiger partial charge in [-0.3, -0.25) is 4.79 Å². The number of aromatic nitrogens is 3. The Bertz CT molecular complexity index is 542. The Morgan fingerprint density at radius 1 is 1.38 bits per heavy atom. The Morgan fingerprint density at radius 2 is 2.19 bits per heavy atom. The minimum Gasteiger partial charge on any atom is -0.497 e. The fourth-order valence-electron chi connectivity index (χ4n) is 1.29. The maximum atomic E-state index is 10.5. The van der Waals surface area contributed by atoms with Gasteiger partial charge in [0.15, 0.2) is 5.82 Å². The van der Waals surface area contributed by atoms with Crippen molar-refractivity contribution in [3.05, 3.63) is 24.0 Å². The van der Waals surface area contributed by atoms with Gasteiger partial charge in [-0.2, -0.15) is 0 Å². The van der Waals surface area contributed by atoms with Crippen LogP contribution in [0.15, 0.2) is 18.2 Å². The van der Waals surface area contributed by atoms with Gasteiger partial charge in [-0.1, -0.05) is 0 Å². The van der Waals surface area contributed by atoms with Gasteiger partial charge in [0.05, 0.1) is 12.6 Å². The van der Waals surface area contributed by atoms with Gasteiger partial charge in [-0.15, -0.1) is 10.2 Å². The van der Waals surface area contributed by atoms with Crippen LogP contribution in [0.1, 0.15) is 5.82 Å². The molecule has 1 N–H and O–H groups in total. The number of hydrogen-bond acceptors (Lipinski definition) is 5. The third-order valence-corrected chi connectivity index (χ3v) is 2.01. The van der Waals surface area contributed by atoms with Crippen LogP contribution in [0, 0.1) is 0 Å². The highest BCUT2D eigenvalue weighted by atomic mass is 16.5. The molecule has 0 radical (unpaired) electrons. The summed E-state index contributed by atoms with van der Waals surface area (Å²) in [6.07, 6.45) is -0.227. The number of nitrogens with zero attached hydrogens (tertiary/aromatic N) is 3. The van der Waals surface area contributed by atoms with Crippen LogP contribution >= 0.6 is 0 Å². The Hall–Kier alpha value is -2.24. The second-order valence-corrected chi connectivity index (χ2v) is 3.15. The average molecular weight is 219 g/mol. The van der Waals surface area contributed by atoms with Gasteiger partial charge in [-0.05, 0) is 12.1 Å². The van der Waals surface area contributed by atoms with E-state index in [-0.39, 0.29) is 12.2 Å². The molecular formula is C10H9N3O3. The monoisotopic (exact) mass is 219 g/mol. The SMILES string of the molecule is COc1ccc2nc(CC(=O)O)nnc2c1. The van der Waals surface area contributed by atoms with Crippen molar-refractivity contribution in [1.29, 1.82) is 0 Å². The topological polar surface area (TPSA) is 85.2 Å². The number of carboxylic acids is 1. The number of ether oxygens (including phenoxy) is 1. The van der Waals surface area contributed by atoms with Crippen molar-refractivity contribution in [1.82, 2.24) is 15.2 Å². The molecule has 16 heavy (non-hydrogen) atoms. The number of rotatable bonds is 3. The summed E-state index contributed by atoms with van der Waals surface area (Å²) in [5, 5.41) is 16.2. The van der Waals surface area contributed by atoms with Crippen LogP contribution in [0.2, 0.25) is 0 Å². The molecule has 1 heterocycles. The smallest absolute Gasteiger partial charge is 0.311 e. The first-order valence-corrected chi connectivity index (χ1v) is 4.58. The van der Waals surface area contributed by atoms with Crippen LogP contribution in [0.3, 0.4) is 0 Å². The molecule has 0 amide bonds. The van der Waals surface area contributed by atoms with E-state index in [1.807, 2.05) is 0 Å². The Kier molecular flexibility index (Phi) is 2.63. The molecule has 0 atom stereocenters. The van der Waals surface area contributed by atoms with Crippen LogP contribution in [0.25, 0.3) is 11.0 Å². The van der Waals surface area contributed by atoms with Crippen molar-refractivity contribution >= 4 is 17.0 Å². The van der Waals surface area contributed by atoms with Crippen LogP contribution < -0.4 is 4.74 Å². The lowest BCUT2D eigenvalue weighted by molar-refractivity contribution is -0.136. The van der Waals surface area contributed by atoms with E-state index >= 15 is 0 Å². The summed E-state index contributed by atoms with van der Waals surface area (Å²) in [6, 6.07) is 5.15. The summed E-state index contributed by atoms with van der Waals surface area (Å²) in [7, 11) is 1.56. The molecule has 0 spiro atoms. The zero-order valence-corrected chi connectivity index (χ0v) is 8.54. The highest BCUT2D eigenvalue weighted by Crippen LogP contribution is 2.16. The van der Waals surface area contributed by atoms with E-state index in [1.54, 1.807) is 25.3 Å². The van der Waals surface area contributed by atoms with Crippen LogP contribution in [0.5, 0.6) is 5.75 Å². The minimum atomic E-state index is -0.977. The molecule has 0 aliphatic heterocycles. The number of methoxy groups -OCH3 is 1. The molecule has 1 aromatic carbocycles. The molecule has 2 rings (SSSR count). The number of carbonyl (C=O) groups is 1. The fraction of sp³-hybridized carbons (Fsp3) is 0.200. The molecule has 0 fully saturated rings. The Morgan fingerprint density at radius 3 is 2.88 bits per heavy atom. The highest BCUT2D eigenvalue weighted by molar-refractivity contribution is 5.76. The first-order valence-electron chi connectivity index (χ1n) is 4.58. The average Bonchev–Trinajstić information content (AvgIpc) is 2.27. The second-order valence-electron chi connectivity index (χ2n) is 3.15. The highest BCUT2D eigenvalue weighted by Gasteiger charge is 2.06. The maximum Gasteiger partial charge on any atom is 0.311 e. The van der Waals surface area contributed by atoms with Crippen molar-refractivity contribution in [3.8, 4) is 5.75 Å². The van der Waals surface area contributed by atoms with Gasteiger partial charge < -0.3 is 9.84 Å². The van der Waals surface area contributed by atoms with Crippen molar-refractivity contribution in [2.45, 2.75) is 6.42 Å². The van der Waals surface area contributed by atoms with Crippen molar-refractivity contribution in [2.24, 2.45) is 0 Å². The Labute approximate surface area is 90.9 Å². The van der Waals surface area contributed by atoms with Gasteiger partial charge in [0.2, 0.25) is 0 Å². The van der Waals surface area contributed by atoms with Gasteiger partial charge in [0.25, 0.3) is 0 Å².